The summed E-state index contributed by atoms with van der Waals surface area (Å²) >= 11 is 5.97. The van der Waals surface area contributed by atoms with Gasteiger partial charge in [0.1, 0.15) is 5.82 Å². The van der Waals surface area contributed by atoms with Crippen molar-refractivity contribution in [2.75, 3.05) is 5.32 Å². The number of hydrogen-bond acceptors (Lipinski definition) is 2. The van der Waals surface area contributed by atoms with Gasteiger partial charge >= 0.3 is 0 Å². The van der Waals surface area contributed by atoms with Gasteiger partial charge in [-0.2, -0.15) is 0 Å². The van der Waals surface area contributed by atoms with Gasteiger partial charge in [0.15, 0.2) is 0 Å². The summed E-state index contributed by atoms with van der Waals surface area (Å²) in [5, 5.41) is 3.34. The fourth-order valence-electron chi connectivity index (χ4n) is 2.29. The normalized spacial score (nSPS) is 10.9. The first-order chi connectivity index (χ1) is 10.6. The van der Waals surface area contributed by atoms with Gasteiger partial charge in [-0.3, -0.25) is 10.1 Å². The average molecular weight is 318 g/mol. The Morgan fingerprint density at radius 2 is 2.00 bits per heavy atom. The third-order valence-electron chi connectivity index (χ3n) is 3.36. The number of amides is 1. The van der Waals surface area contributed by atoms with E-state index in [0.717, 1.165) is 5.52 Å². The Bertz CT molecular complexity index is 842. The van der Waals surface area contributed by atoms with E-state index in [1.165, 1.54) is 24.3 Å². The van der Waals surface area contributed by atoms with Crippen LogP contribution in [0.15, 0.2) is 42.5 Å². The molecule has 0 fully saturated rings. The first kappa shape index (κ1) is 14.5. The Morgan fingerprint density at radius 1 is 1.27 bits per heavy atom. The number of carbonyl (C=O) groups excluding carboxylic acids is 1. The van der Waals surface area contributed by atoms with E-state index in [-0.39, 0.29) is 11.7 Å². The Morgan fingerprint density at radius 3 is 2.68 bits per heavy atom. The molecule has 2 aromatic carbocycles. The van der Waals surface area contributed by atoms with Gasteiger partial charge in [0, 0.05) is 17.1 Å². The van der Waals surface area contributed by atoms with Crippen LogP contribution in [0.4, 0.5) is 10.3 Å². The summed E-state index contributed by atoms with van der Waals surface area (Å²) in [5.41, 5.74) is 1.97. The van der Waals surface area contributed by atoms with Crippen molar-refractivity contribution >= 4 is 34.5 Å². The van der Waals surface area contributed by atoms with Gasteiger partial charge in [-0.05, 0) is 49.4 Å². The first-order valence-corrected chi connectivity index (χ1v) is 7.19. The standard InChI is InChI=1S/C16H13ClFN3O/c1-2-21-14-8-5-11(17)9-13(14)19-16(21)20-15(22)10-3-6-12(18)7-4-10/h3-9H,2H2,1H3,(H,19,20,22). The van der Waals surface area contributed by atoms with Crippen LogP contribution in [-0.2, 0) is 6.54 Å². The predicted octanol–water partition coefficient (Wildman–Crippen LogP) is 4.10. The molecule has 0 aliphatic heterocycles. The summed E-state index contributed by atoms with van der Waals surface area (Å²) < 4.78 is 14.8. The number of hydrogen-bond donors (Lipinski definition) is 1. The van der Waals surface area contributed by atoms with E-state index >= 15 is 0 Å². The van der Waals surface area contributed by atoms with Crippen molar-refractivity contribution in [3.8, 4) is 0 Å². The highest BCUT2D eigenvalue weighted by Crippen LogP contribution is 2.23. The van der Waals surface area contributed by atoms with Crippen molar-refractivity contribution in [1.82, 2.24) is 9.55 Å². The predicted molar refractivity (Wildman–Crippen MR) is 84.8 cm³/mol. The number of benzene rings is 2. The maximum atomic E-state index is 12.9. The molecule has 3 rings (SSSR count). The van der Waals surface area contributed by atoms with Crippen LogP contribution in [0.1, 0.15) is 17.3 Å². The molecule has 4 nitrogen and oxygen atoms in total. The zero-order valence-corrected chi connectivity index (χ0v) is 12.6. The Kier molecular flexibility index (Phi) is 3.81. The second-order valence-corrected chi connectivity index (χ2v) is 5.21. The van der Waals surface area contributed by atoms with Gasteiger partial charge < -0.3 is 4.57 Å². The number of halogens is 2. The summed E-state index contributed by atoms with van der Waals surface area (Å²) in [4.78, 5) is 16.6. The van der Waals surface area contributed by atoms with Gasteiger partial charge in [0.25, 0.3) is 5.91 Å². The molecule has 112 valence electrons. The lowest BCUT2D eigenvalue weighted by Gasteiger charge is -2.07. The van der Waals surface area contributed by atoms with E-state index in [1.54, 1.807) is 12.1 Å². The van der Waals surface area contributed by atoms with Crippen molar-refractivity contribution in [2.45, 2.75) is 13.5 Å². The van der Waals surface area contributed by atoms with E-state index in [0.29, 0.717) is 28.6 Å². The molecule has 0 aliphatic rings. The molecule has 0 saturated carbocycles. The molecule has 0 bridgehead atoms. The van der Waals surface area contributed by atoms with Crippen molar-refractivity contribution in [3.05, 3.63) is 58.9 Å². The lowest BCUT2D eigenvalue weighted by molar-refractivity contribution is 0.102. The molecular weight excluding hydrogens is 305 g/mol. The van der Waals surface area contributed by atoms with Crippen molar-refractivity contribution in [2.24, 2.45) is 0 Å². The number of nitrogens with zero attached hydrogens (tertiary/aromatic N) is 2. The van der Waals surface area contributed by atoms with Crippen LogP contribution in [-0.4, -0.2) is 15.5 Å². The van der Waals surface area contributed by atoms with Crippen molar-refractivity contribution in [3.63, 3.8) is 0 Å². The molecule has 1 amide bonds. The molecule has 1 heterocycles. The molecular formula is C16H13ClFN3O. The van der Waals surface area contributed by atoms with Gasteiger partial charge in [-0.1, -0.05) is 11.6 Å². The summed E-state index contributed by atoms with van der Waals surface area (Å²) in [6, 6.07) is 10.7. The molecule has 1 aromatic heterocycles. The second-order valence-electron chi connectivity index (χ2n) is 4.77. The fourth-order valence-corrected chi connectivity index (χ4v) is 2.46. The third-order valence-corrected chi connectivity index (χ3v) is 3.59. The monoisotopic (exact) mass is 317 g/mol. The van der Waals surface area contributed by atoms with Crippen LogP contribution in [0.5, 0.6) is 0 Å². The molecule has 0 radical (unpaired) electrons. The van der Waals surface area contributed by atoms with Crippen LogP contribution in [0.2, 0.25) is 5.02 Å². The van der Waals surface area contributed by atoms with E-state index < -0.39 is 0 Å². The minimum absolute atomic E-state index is 0.337. The Labute approximate surface area is 131 Å². The fraction of sp³-hybridized carbons (Fsp3) is 0.125. The number of carbonyl (C=O) groups is 1. The maximum absolute atomic E-state index is 12.9. The zero-order chi connectivity index (χ0) is 15.7. The number of rotatable bonds is 3. The second kappa shape index (κ2) is 5.77. The number of nitrogens with one attached hydrogen (secondary N) is 1. The molecule has 1 N–H and O–H groups in total. The molecule has 0 aliphatic carbocycles. The number of anilines is 1. The highest BCUT2D eigenvalue weighted by Gasteiger charge is 2.13. The number of imidazole rings is 1. The molecule has 0 spiro atoms. The molecule has 22 heavy (non-hydrogen) atoms. The zero-order valence-electron chi connectivity index (χ0n) is 11.8. The van der Waals surface area contributed by atoms with Crippen LogP contribution in [0.3, 0.4) is 0 Å². The summed E-state index contributed by atoms with van der Waals surface area (Å²) in [5.74, 6) is -0.280. The Balaban J connectivity index is 1.96. The third kappa shape index (κ3) is 2.67. The maximum Gasteiger partial charge on any atom is 0.257 e. The summed E-state index contributed by atoms with van der Waals surface area (Å²) in [6.45, 7) is 2.61. The minimum atomic E-state index is -0.382. The van der Waals surface area contributed by atoms with Crippen LogP contribution >= 0.6 is 11.6 Å². The Hall–Kier alpha value is -2.40. The van der Waals surface area contributed by atoms with E-state index in [9.17, 15) is 9.18 Å². The summed E-state index contributed by atoms with van der Waals surface area (Å²) in [6.07, 6.45) is 0. The van der Waals surface area contributed by atoms with Gasteiger partial charge in [0.2, 0.25) is 5.95 Å². The summed E-state index contributed by atoms with van der Waals surface area (Å²) in [7, 11) is 0. The average Bonchev–Trinajstić information content (AvgIpc) is 2.83. The molecule has 0 atom stereocenters. The number of aryl methyl sites for hydroxylation is 1. The molecule has 0 saturated heterocycles. The lowest BCUT2D eigenvalue weighted by atomic mass is 10.2. The minimum Gasteiger partial charge on any atom is -0.310 e. The molecule has 3 aromatic rings. The molecule has 6 heteroatoms. The number of aromatic nitrogens is 2. The van der Waals surface area contributed by atoms with Crippen molar-refractivity contribution in [1.29, 1.82) is 0 Å². The lowest BCUT2D eigenvalue weighted by Crippen LogP contribution is -2.15. The van der Waals surface area contributed by atoms with Gasteiger partial charge in [-0.25, -0.2) is 9.37 Å². The van der Waals surface area contributed by atoms with Crippen LogP contribution < -0.4 is 5.32 Å². The largest absolute Gasteiger partial charge is 0.310 e. The highest BCUT2D eigenvalue weighted by molar-refractivity contribution is 6.31. The highest BCUT2D eigenvalue weighted by atomic mass is 35.5. The molecule has 0 unspecified atom stereocenters. The van der Waals surface area contributed by atoms with Crippen molar-refractivity contribution < 1.29 is 9.18 Å². The quantitative estimate of drug-likeness (QED) is 0.790. The van der Waals surface area contributed by atoms with Crippen LogP contribution in [0.25, 0.3) is 11.0 Å². The first-order valence-electron chi connectivity index (χ1n) is 6.81. The number of fused-ring (bicyclic) bond motifs is 1. The SMILES string of the molecule is CCn1c(NC(=O)c2ccc(F)cc2)nc2cc(Cl)ccc21. The van der Waals surface area contributed by atoms with E-state index in [4.69, 9.17) is 11.6 Å². The smallest absolute Gasteiger partial charge is 0.257 e. The van der Waals surface area contributed by atoms with Crippen LogP contribution in [0, 0.1) is 5.82 Å². The van der Waals surface area contributed by atoms with E-state index in [1.807, 2.05) is 17.6 Å². The topological polar surface area (TPSA) is 46.9 Å². The van der Waals surface area contributed by atoms with Gasteiger partial charge in [0.05, 0.1) is 11.0 Å². The van der Waals surface area contributed by atoms with Gasteiger partial charge in [-0.15, -0.1) is 0 Å². The van der Waals surface area contributed by atoms with E-state index in [2.05, 4.69) is 10.3 Å².